The lowest BCUT2D eigenvalue weighted by Crippen LogP contribution is -2.32. The monoisotopic (exact) mass is 420 g/mol. The quantitative estimate of drug-likeness (QED) is 0.572. The number of amides is 3. The fourth-order valence-electron chi connectivity index (χ4n) is 3.84. The predicted octanol–water partition coefficient (Wildman–Crippen LogP) is 3.37. The molecule has 0 aromatic heterocycles. The number of carbonyl (C=O) groups excluding carboxylic acids is 3. The molecule has 0 radical (unpaired) electrons. The first-order valence-corrected chi connectivity index (χ1v) is 10.2. The van der Waals surface area contributed by atoms with E-state index in [4.69, 9.17) is 9.47 Å². The van der Waals surface area contributed by atoms with E-state index in [1.165, 1.54) is 18.2 Å². The van der Waals surface area contributed by atoms with Gasteiger partial charge in [-0.1, -0.05) is 26.0 Å². The summed E-state index contributed by atoms with van der Waals surface area (Å²) < 4.78 is 11.2. The second-order valence-corrected chi connectivity index (χ2v) is 7.87. The molecular weight excluding hydrogens is 396 g/mol. The average molecular weight is 420 g/mol. The summed E-state index contributed by atoms with van der Waals surface area (Å²) in [4.78, 5) is 39.1. The average Bonchev–Trinajstić information content (AvgIpc) is 3.01. The molecule has 0 spiro atoms. The van der Waals surface area contributed by atoms with E-state index in [-0.39, 0.29) is 35.9 Å². The van der Waals surface area contributed by atoms with Crippen molar-refractivity contribution < 1.29 is 23.9 Å². The van der Waals surface area contributed by atoms with E-state index in [2.05, 4.69) is 11.9 Å². The number of hydrogen-bond acceptors (Lipinski definition) is 5. The molecule has 4 rings (SSSR count). The van der Waals surface area contributed by atoms with Crippen LogP contribution in [0.15, 0.2) is 49.1 Å². The molecule has 2 aliphatic heterocycles. The Bertz CT molecular complexity index is 1080. The van der Waals surface area contributed by atoms with Gasteiger partial charge >= 0.3 is 0 Å². The molecule has 0 fully saturated rings. The van der Waals surface area contributed by atoms with Crippen LogP contribution in [0, 0.1) is 5.92 Å². The number of hydrogen-bond donors (Lipinski definition) is 1. The van der Waals surface area contributed by atoms with Crippen molar-refractivity contribution in [3.63, 3.8) is 0 Å². The number of nitrogens with zero attached hydrogens (tertiary/aromatic N) is 1. The van der Waals surface area contributed by atoms with Crippen molar-refractivity contribution in [1.29, 1.82) is 0 Å². The van der Waals surface area contributed by atoms with Crippen molar-refractivity contribution in [2.45, 2.75) is 19.9 Å². The smallest absolute Gasteiger partial charge is 0.261 e. The zero-order valence-corrected chi connectivity index (χ0v) is 17.5. The highest BCUT2D eigenvalue weighted by Crippen LogP contribution is 2.34. The first-order chi connectivity index (χ1) is 14.9. The summed E-state index contributed by atoms with van der Waals surface area (Å²) in [6, 6.07) is 9.95. The Morgan fingerprint density at radius 1 is 1.06 bits per heavy atom. The number of nitrogens with one attached hydrogen (secondary N) is 1. The van der Waals surface area contributed by atoms with Gasteiger partial charge in [-0.2, -0.15) is 0 Å². The summed E-state index contributed by atoms with van der Waals surface area (Å²) in [6.07, 6.45) is 1.50. The van der Waals surface area contributed by atoms with Crippen LogP contribution < -0.4 is 14.8 Å². The van der Waals surface area contributed by atoms with Crippen LogP contribution in [0.4, 0.5) is 0 Å². The zero-order chi connectivity index (χ0) is 22.1. The van der Waals surface area contributed by atoms with Gasteiger partial charge in [0.15, 0.2) is 11.5 Å². The molecule has 3 amide bonds. The van der Waals surface area contributed by atoms with Gasteiger partial charge in [0.2, 0.25) is 0 Å². The lowest BCUT2D eigenvalue weighted by atomic mass is 9.95. The molecule has 160 valence electrons. The molecule has 0 unspecified atom stereocenters. The van der Waals surface area contributed by atoms with Crippen molar-refractivity contribution in [3.8, 4) is 11.5 Å². The lowest BCUT2D eigenvalue weighted by molar-refractivity contribution is 0.0672. The number of ether oxygens (including phenoxy) is 2. The highest BCUT2D eigenvalue weighted by molar-refractivity contribution is 6.22. The molecule has 0 saturated carbocycles. The van der Waals surface area contributed by atoms with E-state index in [1.54, 1.807) is 6.07 Å². The Labute approximate surface area is 180 Å². The van der Waals surface area contributed by atoms with Crippen LogP contribution in [0.1, 0.15) is 56.5 Å². The van der Waals surface area contributed by atoms with Gasteiger partial charge in [0.05, 0.1) is 17.2 Å². The van der Waals surface area contributed by atoms with Gasteiger partial charge < -0.3 is 14.8 Å². The Balaban J connectivity index is 1.58. The molecule has 7 heteroatoms. The maximum Gasteiger partial charge on any atom is 0.261 e. The summed E-state index contributed by atoms with van der Waals surface area (Å²) in [7, 11) is 0. The fraction of sp³-hybridized carbons (Fsp3) is 0.292. The normalized spacial score (nSPS) is 15.6. The third kappa shape index (κ3) is 3.79. The van der Waals surface area contributed by atoms with Gasteiger partial charge in [-0.05, 0) is 41.8 Å². The zero-order valence-electron chi connectivity index (χ0n) is 17.5. The summed E-state index contributed by atoms with van der Waals surface area (Å²) in [5.41, 5.74) is 1.76. The number of imide groups is 1. The highest BCUT2D eigenvalue weighted by atomic mass is 16.6. The first-order valence-electron chi connectivity index (χ1n) is 10.2. The SMILES string of the molecule is C=CCN1C(=O)c2ccc(C(=O)N[C@H](c3ccc4c(c3)OCCO4)C(C)C)cc2C1=O. The molecule has 31 heavy (non-hydrogen) atoms. The van der Waals surface area contributed by atoms with Gasteiger partial charge in [-0.3, -0.25) is 19.3 Å². The lowest BCUT2D eigenvalue weighted by Gasteiger charge is -2.25. The number of rotatable bonds is 6. The fourth-order valence-corrected chi connectivity index (χ4v) is 3.84. The van der Waals surface area contributed by atoms with Crippen LogP contribution in [-0.4, -0.2) is 42.4 Å². The minimum Gasteiger partial charge on any atom is -0.486 e. The molecule has 0 saturated heterocycles. The van der Waals surface area contributed by atoms with Crippen LogP contribution >= 0.6 is 0 Å². The van der Waals surface area contributed by atoms with Crippen LogP contribution in [0.5, 0.6) is 11.5 Å². The van der Waals surface area contributed by atoms with E-state index in [0.717, 1.165) is 10.5 Å². The van der Waals surface area contributed by atoms with Gasteiger partial charge in [-0.15, -0.1) is 6.58 Å². The van der Waals surface area contributed by atoms with Crippen molar-refractivity contribution in [2.24, 2.45) is 5.92 Å². The largest absolute Gasteiger partial charge is 0.486 e. The van der Waals surface area contributed by atoms with E-state index in [9.17, 15) is 14.4 Å². The standard InChI is InChI=1S/C24H24N2O5/c1-4-9-26-23(28)17-7-5-16(12-18(17)24(26)29)22(27)25-21(14(2)3)15-6-8-19-20(13-15)31-11-10-30-19/h4-8,12-14,21H,1,9-11H2,2-3H3,(H,25,27)/t21-/m0/s1. The maximum absolute atomic E-state index is 13.0. The Kier molecular flexibility index (Phi) is 5.50. The maximum atomic E-state index is 13.0. The van der Waals surface area contributed by atoms with Crippen molar-refractivity contribution in [3.05, 3.63) is 71.3 Å². The van der Waals surface area contributed by atoms with Crippen LogP contribution in [0.2, 0.25) is 0 Å². The first kappa shape index (κ1) is 20.7. The molecule has 2 aromatic carbocycles. The molecule has 0 aliphatic carbocycles. The molecule has 0 bridgehead atoms. The number of benzene rings is 2. The highest BCUT2D eigenvalue weighted by Gasteiger charge is 2.35. The van der Waals surface area contributed by atoms with Crippen LogP contribution in [-0.2, 0) is 0 Å². The molecule has 2 aliphatic rings. The second kappa shape index (κ2) is 8.26. The van der Waals surface area contributed by atoms with Crippen molar-refractivity contribution in [2.75, 3.05) is 19.8 Å². The molecule has 2 aromatic rings. The summed E-state index contributed by atoms with van der Waals surface area (Å²) in [5.74, 6) is 0.346. The minimum absolute atomic E-state index is 0.104. The van der Waals surface area contributed by atoms with Crippen molar-refractivity contribution in [1.82, 2.24) is 10.2 Å². The molecule has 7 nitrogen and oxygen atoms in total. The van der Waals surface area contributed by atoms with Gasteiger partial charge in [0.25, 0.3) is 17.7 Å². The van der Waals surface area contributed by atoms with Gasteiger partial charge in [-0.25, -0.2) is 0 Å². The van der Waals surface area contributed by atoms with Crippen molar-refractivity contribution >= 4 is 17.7 Å². The van der Waals surface area contributed by atoms with Gasteiger partial charge in [0.1, 0.15) is 13.2 Å². The third-order valence-electron chi connectivity index (χ3n) is 5.42. The third-order valence-corrected chi connectivity index (χ3v) is 5.42. The topological polar surface area (TPSA) is 84.9 Å². The Hall–Kier alpha value is -3.61. The Morgan fingerprint density at radius 3 is 2.48 bits per heavy atom. The van der Waals surface area contributed by atoms with Gasteiger partial charge in [0, 0.05) is 12.1 Å². The van der Waals surface area contributed by atoms with E-state index in [1.807, 2.05) is 32.0 Å². The van der Waals surface area contributed by atoms with E-state index >= 15 is 0 Å². The van der Waals surface area contributed by atoms with Crippen LogP contribution in [0.3, 0.4) is 0 Å². The summed E-state index contributed by atoms with van der Waals surface area (Å²) >= 11 is 0. The summed E-state index contributed by atoms with van der Waals surface area (Å²) in [5, 5.41) is 3.05. The number of fused-ring (bicyclic) bond motifs is 2. The Morgan fingerprint density at radius 2 is 1.77 bits per heavy atom. The minimum atomic E-state index is -0.415. The molecule has 2 heterocycles. The molecular formula is C24H24N2O5. The second-order valence-electron chi connectivity index (χ2n) is 7.87. The van der Waals surface area contributed by atoms with Crippen LogP contribution in [0.25, 0.3) is 0 Å². The molecule has 1 N–H and O–H groups in total. The van der Waals surface area contributed by atoms with E-state index in [0.29, 0.717) is 35.8 Å². The summed E-state index contributed by atoms with van der Waals surface area (Å²) in [6.45, 7) is 8.74. The number of carbonyl (C=O) groups is 3. The molecule has 1 atom stereocenters. The predicted molar refractivity (Wildman–Crippen MR) is 114 cm³/mol. The van der Waals surface area contributed by atoms with E-state index < -0.39 is 5.91 Å².